The van der Waals surface area contributed by atoms with Gasteiger partial charge in [-0.3, -0.25) is 4.79 Å². The molecule has 110 valence electrons. The average molecular weight is 279 g/mol. The smallest absolute Gasteiger partial charge is 0.335 e. The van der Waals surface area contributed by atoms with Gasteiger partial charge < -0.3 is 21.1 Å². The number of amides is 1. The van der Waals surface area contributed by atoms with Crippen molar-refractivity contribution in [1.29, 1.82) is 0 Å². The minimum absolute atomic E-state index is 0.00949. The van der Waals surface area contributed by atoms with Gasteiger partial charge >= 0.3 is 5.97 Å². The molecule has 6 nitrogen and oxygen atoms in total. The van der Waals surface area contributed by atoms with E-state index in [0.29, 0.717) is 25.1 Å². The van der Waals surface area contributed by atoms with Gasteiger partial charge in [0.15, 0.2) is 0 Å². The Morgan fingerprint density at radius 3 is 2.60 bits per heavy atom. The number of anilines is 2. The van der Waals surface area contributed by atoms with Crippen LogP contribution in [0, 0.1) is 0 Å². The van der Waals surface area contributed by atoms with Crippen LogP contribution in [0.5, 0.6) is 0 Å². The van der Waals surface area contributed by atoms with Crippen LogP contribution in [0.3, 0.4) is 0 Å². The van der Waals surface area contributed by atoms with Crippen molar-refractivity contribution in [2.75, 3.05) is 30.8 Å². The Hall–Kier alpha value is -2.24. The molecule has 0 heterocycles. The molecular weight excluding hydrogens is 258 g/mol. The molecule has 0 fully saturated rings. The van der Waals surface area contributed by atoms with Gasteiger partial charge in [-0.05, 0) is 31.5 Å². The Kier molecular flexibility index (Phi) is 5.83. The average Bonchev–Trinajstić information content (AvgIpc) is 2.43. The van der Waals surface area contributed by atoms with Gasteiger partial charge in [0.25, 0.3) is 0 Å². The Labute approximate surface area is 118 Å². The van der Waals surface area contributed by atoms with Crippen LogP contribution >= 0.6 is 0 Å². The summed E-state index contributed by atoms with van der Waals surface area (Å²) in [6.45, 7) is 3.43. The first-order valence-electron chi connectivity index (χ1n) is 6.58. The molecule has 0 aliphatic rings. The third-order valence-electron chi connectivity index (χ3n) is 3.11. The highest BCUT2D eigenvalue weighted by Gasteiger charge is 2.11. The molecule has 0 atom stereocenters. The molecular formula is C14H21N3O3. The van der Waals surface area contributed by atoms with E-state index < -0.39 is 5.97 Å². The number of nitrogen functional groups attached to an aromatic ring is 1. The van der Waals surface area contributed by atoms with Crippen LogP contribution in [0.1, 0.15) is 30.1 Å². The Bertz CT molecular complexity index is 489. The predicted octanol–water partition coefficient (Wildman–Crippen LogP) is 1.32. The molecule has 1 rings (SSSR count). The van der Waals surface area contributed by atoms with E-state index >= 15 is 0 Å². The Balaban J connectivity index is 2.74. The molecule has 20 heavy (non-hydrogen) atoms. The quantitative estimate of drug-likeness (QED) is 0.654. The molecule has 0 saturated carbocycles. The summed E-state index contributed by atoms with van der Waals surface area (Å²) in [4.78, 5) is 24.1. The lowest BCUT2D eigenvalue weighted by Gasteiger charge is -2.24. The van der Waals surface area contributed by atoms with Crippen LogP contribution in [-0.4, -0.2) is 37.1 Å². The van der Waals surface area contributed by atoms with Crippen LogP contribution in [0.15, 0.2) is 18.2 Å². The fourth-order valence-electron chi connectivity index (χ4n) is 1.98. The molecule has 0 spiro atoms. The largest absolute Gasteiger partial charge is 0.478 e. The first-order chi connectivity index (χ1) is 9.49. The standard InChI is InChI=1S/C14H21N3O3/c1-3-17(8-4-5-13(18)16-2)12-7-6-10(14(19)20)9-11(12)15/h6-7,9H,3-5,8,15H2,1-2H3,(H,16,18)(H,19,20). The van der Waals surface area contributed by atoms with Crippen LogP contribution < -0.4 is 16.0 Å². The first kappa shape index (κ1) is 15.8. The molecule has 1 amide bonds. The van der Waals surface area contributed by atoms with Crippen LogP contribution in [0.4, 0.5) is 11.4 Å². The third kappa shape index (κ3) is 4.15. The highest BCUT2D eigenvalue weighted by Crippen LogP contribution is 2.24. The summed E-state index contributed by atoms with van der Waals surface area (Å²) in [6.07, 6.45) is 1.17. The van der Waals surface area contributed by atoms with Crippen molar-refractivity contribution >= 4 is 23.3 Å². The summed E-state index contributed by atoms with van der Waals surface area (Å²) >= 11 is 0. The molecule has 0 aromatic heterocycles. The maximum absolute atomic E-state index is 11.2. The van der Waals surface area contributed by atoms with Gasteiger partial charge in [0.05, 0.1) is 16.9 Å². The lowest BCUT2D eigenvalue weighted by molar-refractivity contribution is -0.120. The monoisotopic (exact) mass is 279 g/mol. The fraction of sp³-hybridized carbons (Fsp3) is 0.429. The highest BCUT2D eigenvalue weighted by atomic mass is 16.4. The third-order valence-corrected chi connectivity index (χ3v) is 3.11. The van der Waals surface area contributed by atoms with E-state index in [2.05, 4.69) is 5.32 Å². The van der Waals surface area contributed by atoms with Crippen molar-refractivity contribution in [3.8, 4) is 0 Å². The lowest BCUT2D eigenvalue weighted by atomic mass is 10.1. The van der Waals surface area contributed by atoms with Gasteiger partial charge in [0, 0.05) is 26.6 Å². The number of aromatic carboxylic acids is 1. The van der Waals surface area contributed by atoms with Crippen LogP contribution in [-0.2, 0) is 4.79 Å². The number of hydrogen-bond acceptors (Lipinski definition) is 4. The molecule has 0 aliphatic heterocycles. The molecule has 0 aliphatic carbocycles. The second-order valence-corrected chi connectivity index (χ2v) is 4.44. The summed E-state index contributed by atoms with van der Waals surface area (Å²) < 4.78 is 0. The van der Waals surface area contributed by atoms with Crippen molar-refractivity contribution in [3.05, 3.63) is 23.8 Å². The summed E-state index contributed by atoms with van der Waals surface area (Å²) in [5, 5.41) is 11.5. The zero-order valence-electron chi connectivity index (χ0n) is 11.8. The summed E-state index contributed by atoms with van der Waals surface area (Å²) in [5.41, 5.74) is 7.32. The number of nitrogens with one attached hydrogen (secondary N) is 1. The molecule has 1 aromatic carbocycles. The topological polar surface area (TPSA) is 95.7 Å². The second kappa shape index (κ2) is 7.37. The van der Waals surface area contributed by atoms with E-state index in [1.165, 1.54) is 12.1 Å². The SMILES string of the molecule is CCN(CCCC(=O)NC)c1ccc(C(=O)O)cc1N. The van der Waals surface area contributed by atoms with Gasteiger partial charge in [-0.1, -0.05) is 0 Å². The minimum Gasteiger partial charge on any atom is -0.478 e. The molecule has 0 unspecified atom stereocenters. The summed E-state index contributed by atoms with van der Waals surface area (Å²) in [5.74, 6) is -0.985. The molecule has 4 N–H and O–H groups in total. The van der Waals surface area contributed by atoms with Gasteiger partial charge in [-0.15, -0.1) is 0 Å². The number of rotatable bonds is 7. The molecule has 0 radical (unpaired) electrons. The van der Waals surface area contributed by atoms with E-state index in [4.69, 9.17) is 10.8 Å². The number of hydrogen-bond donors (Lipinski definition) is 3. The van der Waals surface area contributed by atoms with Crippen molar-refractivity contribution < 1.29 is 14.7 Å². The van der Waals surface area contributed by atoms with Crippen molar-refractivity contribution in [2.24, 2.45) is 0 Å². The Morgan fingerprint density at radius 2 is 2.10 bits per heavy atom. The number of nitrogens with zero attached hydrogens (tertiary/aromatic N) is 1. The number of carboxylic acids is 1. The van der Waals surface area contributed by atoms with E-state index in [9.17, 15) is 9.59 Å². The van der Waals surface area contributed by atoms with Crippen molar-refractivity contribution in [2.45, 2.75) is 19.8 Å². The van der Waals surface area contributed by atoms with E-state index in [1.807, 2.05) is 11.8 Å². The van der Waals surface area contributed by atoms with E-state index in [0.717, 1.165) is 12.2 Å². The van der Waals surface area contributed by atoms with E-state index in [1.54, 1.807) is 13.1 Å². The number of carbonyl (C=O) groups excluding carboxylic acids is 1. The number of benzene rings is 1. The van der Waals surface area contributed by atoms with Gasteiger partial charge in [0.2, 0.25) is 5.91 Å². The second-order valence-electron chi connectivity index (χ2n) is 4.44. The first-order valence-corrected chi connectivity index (χ1v) is 6.58. The maximum atomic E-state index is 11.2. The molecule has 0 saturated heterocycles. The van der Waals surface area contributed by atoms with Gasteiger partial charge in [-0.2, -0.15) is 0 Å². The summed E-state index contributed by atoms with van der Waals surface area (Å²) in [6, 6.07) is 4.71. The fourth-order valence-corrected chi connectivity index (χ4v) is 1.98. The minimum atomic E-state index is -0.995. The molecule has 6 heteroatoms. The van der Waals surface area contributed by atoms with Crippen LogP contribution in [0.25, 0.3) is 0 Å². The predicted molar refractivity (Wildman–Crippen MR) is 79.0 cm³/mol. The zero-order valence-corrected chi connectivity index (χ0v) is 11.8. The van der Waals surface area contributed by atoms with Crippen molar-refractivity contribution in [3.63, 3.8) is 0 Å². The summed E-state index contributed by atoms with van der Waals surface area (Å²) in [7, 11) is 1.61. The number of carboxylic acid groups (broad SMARTS) is 1. The molecule has 0 bridgehead atoms. The van der Waals surface area contributed by atoms with Crippen LogP contribution in [0.2, 0.25) is 0 Å². The van der Waals surface area contributed by atoms with Gasteiger partial charge in [0.1, 0.15) is 0 Å². The van der Waals surface area contributed by atoms with Crippen molar-refractivity contribution in [1.82, 2.24) is 5.32 Å². The molecule has 1 aromatic rings. The zero-order chi connectivity index (χ0) is 15.1. The lowest BCUT2D eigenvalue weighted by Crippen LogP contribution is -2.27. The highest BCUT2D eigenvalue weighted by molar-refractivity contribution is 5.90. The van der Waals surface area contributed by atoms with Gasteiger partial charge in [-0.25, -0.2) is 4.79 Å². The maximum Gasteiger partial charge on any atom is 0.335 e. The Morgan fingerprint density at radius 1 is 1.40 bits per heavy atom. The number of nitrogens with two attached hydrogens (primary N) is 1. The number of carbonyl (C=O) groups is 2. The normalized spacial score (nSPS) is 10.1. The van der Waals surface area contributed by atoms with E-state index in [-0.39, 0.29) is 11.5 Å².